The van der Waals surface area contributed by atoms with E-state index in [-0.39, 0.29) is 6.10 Å². The van der Waals surface area contributed by atoms with Gasteiger partial charge in [0.2, 0.25) is 0 Å². The highest BCUT2D eigenvalue weighted by atomic mass is 32.2. The van der Waals surface area contributed by atoms with Crippen LogP contribution in [0.3, 0.4) is 0 Å². The second-order valence-corrected chi connectivity index (χ2v) is 4.44. The van der Waals surface area contributed by atoms with Crippen LogP contribution in [0.5, 0.6) is 0 Å². The van der Waals surface area contributed by atoms with Crippen LogP contribution in [-0.2, 0) is 0 Å². The van der Waals surface area contributed by atoms with Gasteiger partial charge >= 0.3 is 0 Å². The lowest BCUT2D eigenvalue weighted by molar-refractivity contribution is 0.147. The van der Waals surface area contributed by atoms with Crippen LogP contribution in [0.1, 0.15) is 13.8 Å². The van der Waals surface area contributed by atoms with E-state index >= 15 is 0 Å². The van der Waals surface area contributed by atoms with Crippen molar-refractivity contribution in [3.05, 3.63) is 30.3 Å². The van der Waals surface area contributed by atoms with E-state index in [0.717, 1.165) is 5.75 Å². The molecule has 0 fully saturated rings. The molecule has 1 rings (SSSR count). The zero-order valence-corrected chi connectivity index (χ0v) is 8.92. The van der Waals surface area contributed by atoms with E-state index in [0.29, 0.717) is 5.92 Å². The van der Waals surface area contributed by atoms with Crippen molar-refractivity contribution in [3.63, 3.8) is 0 Å². The van der Waals surface area contributed by atoms with Crippen LogP contribution in [0.25, 0.3) is 0 Å². The summed E-state index contributed by atoms with van der Waals surface area (Å²) in [7, 11) is 0. The molecule has 0 bridgehead atoms. The summed E-state index contributed by atoms with van der Waals surface area (Å²) in [5, 5.41) is 9.29. The topological polar surface area (TPSA) is 20.2 Å². The molecule has 0 aliphatic carbocycles. The van der Waals surface area contributed by atoms with Crippen LogP contribution < -0.4 is 0 Å². The fourth-order valence-electron chi connectivity index (χ4n) is 0.884. The van der Waals surface area contributed by atoms with Crippen molar-refractivity contribution in [1.82, 2.24) is 0 Å². The summed E-state index contributed by atoms with van der Waals surface area (Å²) in [6.07, 6.45) is -0.212. The zero-order chi connectivity index (χ0) is 9.68. The van der Waals surface area contributed by atoms with Crippen LogP contribution in [-0.4, -0.2) is 17.0 Å². The van der Waals surface area contributed by atoms with Crippen LogP contribution in [0.2, 0.25) is 0 Å². The Kier molecular flexibility index (Phi) is 4.33. The van der Waals surface area contributed by atoms with Crippen LogP contribution >= 0.6 is 11.8 Å². The first-order chi connectivity index (χ1) is 6.20. The van der Waals surface area contributed by atoms with E-state index in [1.165, 1.54) is 4.90 Å². The molecule has 1 aromatic rings. The van der Waals surface area contributed by atoms with Crippen LogP contribution in [0, 0.1) is 5.92 Å². The highest BCUT2D eigenvalue weighted by Gasteiger charge is 2.08. The minimum Gasteiger partial charge on any atom is -0.393 e. The lowest BCUT2D eigenvalue weighted by atomic mass is 10.1. The molecule has 0 heterocycles. The monoisotopic (exact) mass is 196 g/mol. The minimum absolute atomic E-state index is 0.212. The number of hydrogen-bond donors (Lipinski definition) is 1. The molecule has 1 unspecified atom stereocenters. The van der Waals surface area contributed by atoms with Gasteiger partial charge in [-0.05, 0) is 25.0 Å². The van der Waals surface area contributed by atoms with Crippen molar-refractivity contribution in [3.8, 4) is 0 Å². The third-order valence-electron chi connectivity index (χ3n) is 2.08. The summed E-state index contributed by atoms with van der Waals surface area (Å²) < 4.78 is 0. The smallest absolute Gasteiger partial charge is 0.0545 e. The molecular formula is C11H16OS. The molecular weight excluding hydrogens is 180 g/mol. The summed E-state index contributed by atoms with van der Waals surface area (Å²) in [6.45, 7) is 3.91. The van der Waals surface area contributed by atoms with Gasteiger partial charge in [-0.1, -0.05) is 25.1 Å². The summed E-state index contributed by atoms with van der Waals surface area (Å²) in [5.41, 5.74) is 0. The minimum atomic E-state index is -0.212. The van der Waals surface area contributed by atoms with Crippen molar-refractivity contribution in [2.75, 3.05) is 5.75 Å². The molecule has 0 radical (unpaired) electrons. The fourth-order valence-corrected chi connectivity index (χ4v) is 1.97. The lowest BCUT2D eigenvalue weighted by Crippen LogP contribution is -2.14. The molecule has 2 heteroatoms. The molecule has 0 aromatic heterocycles. The third kappa shape index (κ3) is 3.83. The summed E-state index contributed by atoms with van der Waals surface area (Å²) >= 11 is 1.80. The van der Waals surface area contributed by atoms with Crippen LogP contribution in [0.4, 0.5) is 0 Å². The molecule has 0 aliphatic heterocycles. The van der Waals surface area contributed by atoms with E-state index in [1.54, 1.807) is 11.8 Å². The molecule has 0 saturated carbocycles. The van der Waals surface area contributed by atoms with Gasteiger partial charge in [0.15, 0.2) is 0 Å². The third-order valence-corrected chi connectivity index (χ3v) is 3.38. The Labute approximate surface area is 84.2 Å². The Bertz CT molecular complexity index is 233. The first-order valence-corrected chi connectivity index (χ1v) is 5.54. The molecule has 72 valence electrons. The number of aliphatic hydroxyl groups is 1. The van der Waals surface area contributed by atoms with Crippen molar-refractivity contribution < 1.29 is 5.11 Å². The maximum absolute atomic E-state index is 9.29. The lowest BCUT2D eigenvalue weighted by Gasteiger charge is -2.13. The number of thioether (sulfide) groups is 1. The van der Waals surface area contributed by atoms with Gasteiger partial charge in [0.05, 0.1) is 6.10 Å². The predicted octanol–water partition coefficient (Wildman–Crippen LogP) is 2.80. The Hall–Kier alpha value is -0.470. The number of aliphatic hydroxyl groups excluding tert-OH is 1. The Balaban J connectivity index is 2.35. The molecule has 1 N–H and O–H groups in total. The largest absolute Gasteiger partial charge is 0.393 e. The molecule has 0 saturated heterocycles. The first-order valence-electron chi connectivity index (χ1n) is 4.56. The molecule has 13 heavy (non-hydrogen) atoms. The maximum atomic E-state index is 9.29. The highest BCUT2D eigenvalue weighted by Crippen LogP contribution is 2.21. The number of rotatable bonds is 4. The second kappa shape index (κ2) is 5.30. The molecule has 0 amide bonds. The van der Waals surface area contributed by atoms with Gasteiger partial charge in [0, 0.05) is 10.6 Å². The van der Waals surface area contributed by atoms with Gasteiger partial charge in [0.25, 0.3) is 0 Å². The first kappa shape index (κ1) is 10.6. The summed E-state index contributed by atoms with van der Waals surface area (Å²) in [6, 6.07) is 10.3. The Morgan fingerprint density at radius 2 is 1.85 bits per heavy atom. The summed E-state index contributed by atoms with van der Waals surface area (Å²) in [5.74, 6) is 1.33. The number of benzene rings is 1. The van der Waals surface area contributed by atoms with E-state index < -0.39 is 0 Å². The van der Waals surface area contributed by atoms with E-state index in [2.05, 4.69) is 19.1 Å². The van der Waals surface area contributed by atoms with Crippen molar-refractivity contribution in [1.29, 1.82) is 0 Å². The quantitative estimate of drug-likeness (QED) is 0.747. The predicted molar refractivity (Wildman–Crippen MR) is 58.0 cm³/mol. The van der Waals surface area contributed by atoms with Gasteiger partial charge in [-0.2, -0.15) is 0 Å². The normalized spacial score (nSPS) is 15.3. The fraction of sp³-hybridized carbons (Fsp3) is 0.455. The Morgan fingerprint density at radius 1 is 1.23 bits per heavy atom. The standard InChI is InChI=1S/C11H16OS/c1-9(10(2)12)8-13-11-6-4-3-5-7-11/h3-7,9-10,12H,8H2,1-2H3/t9-,10?/m0/s1. The highest BCUT2D eigenvalue weighted by molar-refractivity contribution is 7.99. The summed E-state index contributed by atoms with van der Waals surface area (Å²) in [4.78, 5) is 1.27. The molecule has 2 atom stereocenters. The molecule has 1 nitrogen and oxygen atoms in total. The van der Waals surface area contributed by atoms with Crippen LogP contribution in [0.15, 0.2) is 35.2 Å². The average molecular weight is 196 g/mol. The van der Waals surface area contributed by atoms with Crippen molar-refractivity contribution in [2.45, 2.75) is 24.8 Å². The molecule has 1 aromatic carbocycles. The van der Waals surface area contributed by atoms with Crippen molar-refractivity contribution in [2.24, 2.45) is 5.92 Å². The maximum Gasteiger partial charge on any atom is 0.0545 e. The van der Waals surface area contributed by atoms with Gasteiger partial charge < -0.3 is 5.11 Å². The van der Waals surface area contributed by atoms with Crippen molar-refractivity contribution >= 4 is 11.8 Å². The van der Waals surface area contributed by atoms with Gasteiger partial charge in [-0.25, -0.2) is 0 Å². The van der Waals surface area contributed by atoms with Gasteiger partial charge in [0.1, 0.15) is 0 Å². The van der Waals surface area contributed by atoms with Gasteiger partial charge in [-0.15, -0.1) is 11.8 Å². The van der Waals surface area contributed by atoms with E-state index in [1.807, 2.05) is 25.1 Å². The van der Waals surface area contributed by atoms with E-state index in [4.69, 9.17) is 0 Å². The second-order valence-electron chi connectivity index (χ2n) is 3.34. The average Bonchev–Trinajstić information content (AvgIpc) is 2.15. The Morgan fingerprint density at radius 3 is 2.38 bits per heavy atom. The molecule has 0 aliphatic rings. The van der Waals surface area contributed by atoms with E-state index in [9.17, 15) is 5.11 Å². The molecule has 0 spiro atoms. The number of hydrogen-bond acceptors (Lipinski definition) is 2. The SMILES string of the molecule is CC(O)[C@@H](C)CSc1ccccc1. The zero-order valence-electron chi connectivity index (χ0n) is 8.10. The van der Waals surface area contributed by atoms with Gasteiger partial charge in [-0.3, -0.25) is 0 Å².